The Hall–Kier alpha value is -0.570. The normalized spacial score (nSPS) is 13.6. The molecule has 0 bridgehead atoms. The molecule has 3 heteroatoms. The first-order chi connectivity index (χ1) is 7.87. The summed E-state index contributed by atoms with van der Waals surface area (Å²) in [6, 6.07) is 0. The highest BCUT2D eigenvalue weighted by Crippen LogP contribution is 2.22. The Morgan fingerprint density at radius 2 is 1.88 bits per heavy atom. The number of ether oxygens (including phenoxy) is 1. The zero-order valence-corrected chi connectivity index (χ0v) is 11.8. The molecular weight excluding hydrogens is 216 g/mol. The second-order valence-electron chi connectivity index (χ2n) is 5.86. The first-order valence-corrected chi connectivity index (χ1v) is 6.71. The third-order valence-corrected chi connectivity index (χ3v) is 2.75. The van der Waals surface area contributed by atoms with Crippen LogP contribution in [0.15, 0.2) is 0 Å². The summed E-state index contributed by atoms with van der Waals surface area (Å²) in [6.07, 6.45) is 5.33. The summed E-state index contributed by atoms with van der Waals surface area (Å²) < 4.78 is 5.45. The Bertz CT molecular complexity index is 206. The predicted molar refractivity (Wildman–Crippen MR) is 70.2 cm³/mol. The van der Waals surface area contributed by atoms with Crippen LogP contribution in [0, 0.1) is 5.41 Å². The standard InChI is InChI=1S/C14H28O3/c1-5-6-7-8-11-17-12(13(15)16)9-10-14(2,3)4/h12H,5-11H2,1-4H3,(H,15,16). The van der Waals surface area contributed by atoms with Gasteiger partial charge in [0.25, 0.3) is 0 Å². The summed E-state index contributed by atoms with van der Waals surface area (Å²) >= 11 is 0. The van der Waals surface area contributed by atoms with Crippen LogP contribution in [0.25, 0.3) is 0 Å². The van der Waals surface area contributed by atoms with Crippen molar-refractivity contribution in [2.45, 2.75) is 72.3 Å². The van der Waals surface area contributed by atoms with Gasteiger partial charge in [-0.3, -0.25) is 0 Å². The van der Waals surface area contributed by atoms with Gasteiger partial charge in [-0.2, -0.15) is 0 Å². The van der Waals surface area contributed by atoms with Crippen molar-refractivity contribution in [2.24, 2.45) is 5.41 Å². The second-order valence-corrected chi connectivity index (χ2v) is 5.86. The minimum atomic E-state index is -0.829. The number of carboxylic acids is 1. The van der Waals surface area contributed by atoms with Crippen LogP contribution in [0.2, 0.25) is 0 Å². The molecule has 0 saturated heterocycles. The molecule has 0 aliphatic heterocycles. The maximum Gasteiger partial charge on any atom is 0.332 e. The minimum absolute atomic E-state index is 0.166. The summed E-state index contributed by atoms with van der Waals surface area (Å²) in [6.45, 7) is 9.08. The fraction of sp³-hybridized carbons (Fsp3) is 0.929. The van der Waals surface area contributed by atoms with E-state index in [1.807, 2.05) is 0 Å². The van der Waals surface area contributed by atoms with Gasteiger partial charge in [0.05, 0.1) is 0 Å². The molecule has 0 aliphatic rings. The maximum absolute atomic E-state index is 11.0. The molecule has 0 saturated carbocycles. The third kappa shape index (κ3) is 10.3. The number of hydrogen-bond acceptors (Lipinski definition) is 2. The zero-order chi connectivity index (χ0) is 13.3. The number of unbranched alkanes of at least 4 members (excludes halogenated alkanes) is 3. The highest BCUT2D eigenvalue weighted by molar-refractivity contribution is 5.72. The Balaban J connectivity index is 3.80. The molecule has 0 spiro atoms. The third-order valence-electron chi connectivity index (χ3n) is 2.75. The van der Waals surface area contributed by atoms with E-state index in [1.54, 1.807) is 0 Å². The van der Waals surface area contributed by atoms with Crippen molar-refractivity contribution in [3.05, 3.63) is 0 Å². The van der Waals surface area contributed by atoms with Crippen molar-refractivity contribution in [1.29, 1.82) is 0 Å². The highest BCUT2D eigenvalue weighted by Gasteiger charge is 2.21. The van der Waals surface area contributed by atoms with E-state index in [2.05, 4.69) is 27.7 Å². The van der Waals surface area contributed by atoms with Gasteiger partial charge in [-0.15, -0.1) is 0 Å². The smallest absolute Gasteiger partial charge is 0.332 e. The fourth-order valence-electron chi connectivity index (χ4n) is 1.60. The SMILES string of the molecule is CCCCCCOC(CCC(C)(C)C)C(=O)O. The Labute approximate surface area is 106 Å². The number of hydrogen-bond donors (Lipinski definition) is 1. The van der Waals surface area contributed by atoms with Crippen molar-refractivity contribution in [2.75, 3.05) is 6.61 Å². The molecule has 0 aromatic carbocycles. The van der Waals surface area contributed by atoms with Crippen molar-refractivity contribution in [1.82, 2.24) is 0 Å². The van der Waals surface area contributed by atoms with Gasteiger partial charge in [0.2, 0.25) is 0 Å². The minimum Gasteiger partial charge on any atom is -0.479 e. The molecule has 102 valence electrons. The van der Waals surface area contributed by atoms with Crippen LogP contribution in [0.4, 0.5) is 0 Å². The van der Waals surface area contributed by atoms with Crippen molar-refractivity contribution in [3.63, 3.8) is 0 Å². The summed E-state index contributed by atoms with van der Waals surface area (Å²) in [7, 11) is 0. The van der Waals surface area contributed by atoms with Crippen LogP contribution >= 0.6 is 0 Å². The molecule has 17 heavy (non-hydrogen) atoms. The van der Waals surface area contributed by atoms with E-state index in [1.165, 1.54) is 12.8 Å². The molecule has 0 amide bonds. The topological polar surface area (TPSA) is 46.5 Å². The Kier molecular flexibility index (Phi) is 8.23. The Morgan fingerprint density at radius 3 is 2.35 bits per heavy atom. The number of rotatable bonds is 9. The van der Waals surface area contributed by atoms with Gasteiger partial charge in [0.1, 0.15) is 0 Å². The van der Waals surface area contributed by atoms with Crippen LogP contribution in [0.1, 0.15) is 66.2 Å². The lowest BCUT2D eigenvalue weighted by atomic mass is 9.89. The van der Waals surface area contributed by atoms with Crippen molar-refractivity contribution in [3.8, 4) is 0 Å². The van der Waals surface area contributed by atoms with E-state index in [9.17, 15) is 4.79 Å². The molecule has 3 nitrogen and oxygen atoms in total. The quantitative estimate of drug-likeness (QED) is 0.626. The number of aliphatic carboxylic acids is 1. The van der Waals surface area contributed by atoms with E-state index >= 15 is 0 Å². The van der Waals surface area contributed by atoms with Gasteiger partial charge in [0.15, 0.2) is 6.10 Å². The lowest BCUT2D eigenvalue weighted by Gasteiger charge is -2.21. The largest absolute Gasteiger partial charge is 0.479 e. The van der Waals surface area contributed by atoms with E-state index in [4.69, 9.17) is 9.84 Å². The summed E-state index contributed by atoms with van der Waals surface area (Å²) in [5.41, 5.74) is 0.166. The molecule has 0 rings (SSSR count). The monoisotopic (exact) mass is 244 g/mol. The average molecular weight is 244 g/mol. The van der Waals surface area contributed by atoms with Crippen molar-refractivity contribution >= 4 is 5.97 Å². The van der Waals surface area contributed by atoms with Gasteiger partial charge in [-0.05, 0) is 24.7 Å². The maximum atomic E-state index is 11.0. The van der Waals surface area contributed by atoms with Crippen LogP contribution in [-0.2, 0) is 9.53 Å². The molecule has 0 heterocycles. The van der Waals surface area contributed by atoms with E-state index in [0.717, 1.165) is 19.3 Å². The van der Waals surface area contributed by atoms with Crippen LogP contribution < -0.4 is 0 Å². The van der Waals surface area contributed by atoms with Crippen LogP contribution in [-0.4, -0.2) is 23.8 Å². The van der Waals surface area contributed by atoms with Gasteiger partial charge < -0.3 is 9.84 Å². The molecule has 0 aromatic heterocycles. The molecule has 1 N–H and O–H groups in total. The number of carbonyl (C=O) groups is 1. The van der Waals surface area contributed by atoms with Crippen LogP contribution in [0.3, 0.4) is 0 Å². The van der Waals surface area contributed by atoms with Gasteiger partial charge >= 0.3 is 5.97 Å². The lowest BCUT2D eigenvalue weighted by molar-refractivity contribution is -0.151. The first kappa shape index (κ1) is 16.4. The van der Waals surface area contributed by atoms with E-state index in [0.29, 0.717) is 13.0 Å². The fourth-order valence-corrected chi connectivity index (χ4v) is 1.60. The molecule has 0 aliphatic carbocycles. The lowest BCUT2D eigenvalue weighted by Crippen LogP contribution is -2.26. The molecule has 0 aromatic rings. The summed E-state index contributed by atoms with van der Waals surface area (Å²) in [5, 5.41) is 9.05. The predicted octanol–water partition coefficient (Wildman–Crippen LogP) is 3.86. The van der Waals surface area contributed by atoms with Gasteiger partial charge in [0, 0.05) is 6.61 Å². The van der Waals surface area contributed by atoms with E-state index in [-0.39, 0.29) is 5.41 Å². The first-order valence-electron chi connectivity index (χ1n) is 6.71. The highest BCUT2D eigenvalue weighted by atomic mass is 16.5. The average Bonchev–Trinajstić information content (AvgIpc) is 2.20. The van der Waals surface area contributed by atoms with Gasteiger partial charge in [-0.25, -0.2) is 4.79 Å². The van der Waals surface area contributed by atoms with Gasteiger partial charge in [-0.1, -0.05) is 47.0 Å². The van der Waals surface area contributed by atoms with Crippen molar-refractivity contribution < 1.29 is 14.6 Å². The zero-order valence-electron chi connectivity index (χ0n) is 11.8. The summed E-state index contributed by atoms with van der Waals surface area (Å²) in [4.78, 5) is 11.0. The Morgan fingerprint density at radius 1 is 1.24 bits per heavy atom. The summed E-state index contributed by atoms with van der Waals surface area (Å²) in [5.74, 6) is -0.829. The molecular formula is C14H28O3. The molecule has 0 radical (unpaired) electrons. The molecule has 1 atom stereocenters. The van der Waals surface area contributed by atoms with E-state index < -0.39 is 12.1 Å². The molecule has 1 unspecified atom stereocenters. The number of carboxylic acid groups (broad SMARTS) is 1. The molecule has 0 fully saturated rings. The van der Waals surface area contributed by atoms with Crippen LogP contribution in [0.5, 0.6) is 0 Å². The second kappa shape index (κ2) is 8.51.